The van der Waals surface area contributed by atoms with Gasteiger partial charge < -0.3 is 5.11 Å². The molecule has 3 heteroatoms. The number of benzene rings is 1. The minimum atomic E-state index is -0.598. The second-order valence-corrected chi connectivity index (χ2v) is 3.63. The number of rotatable bonds is 3. The largest absolute Gasteiger partial charge is 0.388 e. The third-order valence-corrected chi connectivity index (χ3v) is 2.41. The van der Waals surface area contributed by atoms with E-state index in [-0.39, 0.29) is 5.82 Å². The van der Waals surface area contributed by atoms with Crippen LogP contribution < -0.4 is 0 Å². The number of aliphatic hydroxyl groups is 1. The molecule has 1 N–H and O–H groups in total. The molecular weight excluding hydrogens is 205 g/mol. The molecule has 0 amide bonds. The standard InChI is InChI=1S/C13H12FNO/c14-12-5-3-10(4-6-12)8-13(16)11-2-1-7-15-9-11/h1-7,9,13,16H,8H2. The zero-order valence-corrected chi connectivity index (χ0v) is 8.68. The van der Waals surface area contributed by atoms with Crippen molar-refractivity contribution in [1.29, 1.82) is 0 Å². The van der Waals surface area contributed by atoms with Crippen LogP contribution in [0.4, 0.5) is 4.39 Å². The minimum Gasteiger partial charge on any atom is -0.388 e. The van der Waals surface area contributed by atoms with E-state index in [0.717, 1.165) is 11.1 Å². The first-order valence-electron chi connectivity index (χ1n) is 5.08. The third-order valence-electron chi connectivity index (χ3n) is 2.41. The molecule has 16 heavy (non-hydrogen) atoms. The van der Waals surface area contributed by atoms with Crippen LogP contribution in [0.1, 0.15) is 17.2 Å². The van der Waals surface area contributed by atoms with Crippen molar-refractivity contribution in [1.82, 2.24) is 4.98 Å². The first-order valence-corrected chi connectivity index (χ1v) is 5.08. The number of pyridine rings is 1. The fourth-order valence-corrected chi connectivity index (χ4v) is 1.53. The predicted octanol–water partition coefficient (Wildman–Crippen LogP) is 2.50. The fourth-order valence-electron chi connectivity index (χ4n) is 1.53. The SMILES string of the molecule is OC(Cc1ccc(F)cc1)c1cccnc1. The molecule has 0 saturated carbocycles. The predicted molar refractivity (Wildman–Crippen MR) is 59.3 cm³/mol. The molecule has 1 atom stereocenters. The summed E-state index contributed by atoms with van der Waals surface area (Å²) < 4.78 is 12.7. The van der Waals surface area contributed by atoms with Crippen LogP contribution in [0.25, 0.3) is 0 Å². The Morgan fingerprint density at radius 3 is 2.56 bits per heavy atom. The summed E-state index contributed by atoms with van der Waals surface area (Å²) in [4.78, 5) is 3.94. The highest BCUT2D eigenvalue weighted by Gasteiger charge is 2.08. The Hall–Kier alpha value is -1.74. The van der Waals surface area contributed by atoms with Crippen molar-refractivity contribution in [2.45, 2.75) is 12.5 Å². The molecule has 1 unspecified atom stereocenters. The van der Waals surface area contributed by atoms with E-state index in [4.69, 9.17) is 0 Å². The van der Waals surface area contributed by atoms with Crippen LogP contribution in [0.15, 0.2) is 48.8 Å². The highest BCUT2D eigenvalue weighted by atomic mass is 19.1. The molecule has 0 spiro atoms. The second kappa shape index (κ2) is 4.86. The quantitative estimate of drug-likeness (QED) is 0.856. The molecule has 1 aromatic carbocycles. The average molecular weight is 217 g/mol. The molecule has 82 valence electrons. The van der Waals surface area contributed by atoms with Gasteiger partial charge in [0.05, 0.1) is 6.10 Å². The minimum absolute atomic E-state index is 0.264. The maximum absolute atomic E-state index is 12.7. The van der Waals surface area contributed by atoms with Crippen LogP contribution >= 0.6 is 0 Å². The van der Waals surface area contributed by atoms with Gasteiger partial charge in [-0.05, 0) is 29.3 Å². The van der Waals surface area contributed by atoms with Crippen molar-refractivity contribution in [3.05, 3.63) is 65.7 Å². The molecule has 2 rings (SSSR count). The molecule has 0 fully saturated rings. The van der Waals surface area contributed by atoms with E-state index in [1.54, 1.807) is 30.6 Å². The molecule has 0 saturated heterocycles. The highest BCUT2D eigenvalue weighted by molar-refractivity contribution is 5.20. The second-order valence-electron chi connectivity index (χ2n) is 3.63. The maximum Gasteiger partial charge on any atom is 0.123 e. The fraction of sp³-hybridized carbons (Fsp3) is 0.154. The molecule has 2 aromatic rings. The van der Waals surface area contributed by atoms with Crippen LogP contribution in [-0.4, -0.2) is 10.1 Å². The molecule has 1 aromatic heterocycles. The molecule has 2 nitrogen and oxygen atoms in total. The lowest BCUT2D eigenvalue weighted by Crippen LogP contribution is -2.02. The molecule has 0 aliphatic rings. The summed E-state index contributed by atoms with van der Waals surface area (Å²) in [5.41, 5.74) is 1.67. The Labute approximate surface area is 93.4 Å². The first-order chi connectivity index (χ1) is 7.75. The highest BCUT2D eigenvalue weighted by Crippen LogP contribution is 2.17. The van der Waals surface area contributed by atoms with Gasteiger partial charge in [-0.3, -0.25) is 4.98 Å². The topological polar surface area (TPSA) is 33.1 Å². The lowest BCUT2D eigenvalue weighted by molar-refractivity contribution is 0.178. The van der Waals surface area contributed by atoms with Gasteiger partial charge in [0, 0.05) is 18.8 Å². The lowest BCUT2D eigenvalue weighted by Gasteiger charge is -2.10. The van der Waals surface area contributed by atoms with E-state index in [2.05, 4.69) is 4.98 Å². The van der Waals surface area contributed by atoms with Crippen LogP contribution in [-0.2, 0) is 6.42 Å². The zero-order chi connectivity index (χ0) is 11.4. The summed E-state index contributed by atoms with van der Waals surface area (Å²) in [6.45, 7) is 0. The van der Waals surface area contributed by atoms with Crippen LogP contribution in [0.2, 0.25) is 0 Å². The molecule has 0 bridgehead atoms. The van der Waals surface area contributed by atoms with Gasteiger partial charge in [0.1, 0.15) is 5.82 Å². The van der Waals surface area contributed by atoms with E-state index in [1.165, 1.54) is 12.1 Å². The van der Waals surface area contributed by atoms with Gasteiger partial charge in [0.25, 0.3) is 0 Å². The Morgan fingerprint density at radius 2 is 1.94 bits per heavy atom. The van der Waals surface area contributed by atoms with Crippen molar-refractivity contribution in [3.63, 3.8) is 0 Å². The number of hydrogen-bond acceptors (Lipinski definition) is 2. The van der Waals surface area contributed by atoms with E-state index in [9.17, 15) is 9.50 Å². The summed E-state index contributed by atoms with van der Waals surface area (Å²) in [5.74, 6) is -0.264. The normalized spacial score (nSPS) is 12.4. The van der Waals surface area contributed by atoms with Crippen molar-refractivity contribution in [2.75, 3.05) is 0 Å². The van der Waals surface area contributed by atoms with E-state index in [0.29, 0.717) is 6.42 Å². The van der Waals surface area contributed by atoms with Gasteiger partial charge in [-0.15, -0.1) is 0 Å². The summed E-state index contributed by atoms with van der Waals surface area (Å²) in [6, 6.07) is 9.74. The van der Waals surface area contributed by atoms with Crippen LogP contribution in [0.3, 0.4) is 0 Å². The summed E-state index contributed by atoms with van der Waals surface area (Å²) in [6.07, 6.45) is 3.16. The Balaban J connectivity index is 2.08. The molecule has 1 heterocycles. The van der Waals surface area contributed by atoms with Gasteiger partial charge >= 0.3 is 0 Å². The number of aliphatic hydroxyl groups excluding tert-OH is 1. The lowest BCUT2D eigenvalue weighted by atomic mass is 10.0. The number of aromatic nitrogens is 1. The van der Waals surface area contributed by atoms with E-state index >= 15 is 0 Å². The monoisotopic (exact) mass is 217 g/mol. The van der Waals surface area contributed by atoms with Crippen LogP contribution in [0.5, 0.6) is 0 Å². The Morgan fingerprint density at radius 1 is 1.19 bits per heavy atom. The summed E-state index contributed by atoms with van der Waals surface area (Å²) in [5, 5.41) is 9.91. The maximum atomic E-state index is 12.7. The zero-order valence-electron chi connectivity index (χ0n) is 8.68. The Bertz CT molecular complexity index is 441. The van der Waals surface area contributed by atoms with Crippen molar-refractivity contribution in [2.24, 2.45) is 0 Å². The van der Waals surface area contributed by atoms with Crippen molar-refractivity contribution in [3.8, 4) is 0 Å². The van der Waals surface area contributed by atoms with Gasteiger partial charge in [-0.1, -0.05) is 18.2 Å². The smallest absolute Gasteiger partial charge is 0.123 e. The molecule has 0 radical (unpaired) electrons. The molecule has 0 aliphatic carbocycles. The van der Waals surface area contributed by atoms with Gasteiger partial charge in [0.15, 0.2) is 0 Å². The number of halogens is 1. The van der Waals surface area contributed by atoms with Crippen LogP contribution in [0, 0.1) is 5.82 Å². The van der Waals surface area contributed by atoms with Crippen molar-refractivity contribution < 1.29 is 9.50 Å². The molecular formula is C13H12FNO. The van der Waals surface area contributed by atoms with E-state index in [1.807, 2.05) is 6.07 Å². The summed E-state index contributed by atoms with van der Waals surface area (Å²) >= 11 is 0. The number of nitrogens with zero attached hydrogens (tertiary/aromatic N) is 1. The van der Waals surface area contributed by atoms with E-state index < -0.39 is 6.10 Å². The van der Waals surface area contributed by atoms with Gasteiger partial charge in [-0.25, -0.2) is 4.39 Å². The molecule has 0 aliphatic heterocycles. The average Bonchev–Trinajstić information content (AvgIpc) is 2.33. The summed E-state index contributed by atoms with van der Waals surface area (Å²) in [7, 11) is 0. The van der Waals surface area contributed by atoms with Gasteiger partial charge in [-0.2, -0.15) is 0 Å². The first kappa shape index (κ1) is 10.8. The third kappa shape index (κ3) is 2.64. The van der Waals surface area contributed by atoms with Gasteiger partial charge in [0.2, 0.25) is 0 Å². The number of hydrogen-bond donors (Lipinski definition) is 1. The van der Waals surface area contributed by atoms with Crippen molar-refractivity contribution >= 4 is 0 Å². The Kier molecular flexibility index (Phi) is 3.27.